The molecule has 1 saturated carbocycles. The molecule has 7 nitrogen and oxygen atoms in total. The second kappa shape index (κ2) is 8.02. The maximum absolute atomic E-state index is 5.78. The van der Waals surface area contributed by atoms with Gasteiger partial charge in [-0.15, -0.1) is 5.10 Å². The topological polar surface area (TPSA) is 77.0 Å². The lowest BCUT2D eigenvalue weighted by Crippen LogP contribution is -2.33. The fraction of sp³-hybridized carbons (Fsp3) is 0.609. The van der Waals surface area contributed by atoms with Gasteiger partial charge >= 0.3 is 0 Å². The zero-order chi connectivity index (χ0) is 20.6. The zero-order valence-corrected chi connectivity index (χ0v) is 18.0. The maximum Gasteiger partial charge on any atom is 0.107 e. The highest BCUT2D eigenvalue weighted by atomic mass is 16.5. The Labute approximate surface area is 177 Å². The third-order valence-electron chi connectivity index (χ3n) is 7.02. The first-order chi connectivity index (χ1) is 14.7. The molecule has 3 aliphatic rings. The van der Waals surface area contributed by atoms with E-state index in [0.717, 1.165) is 48.3 Å². The molecule has 0 N–H and O–H groups in total. The Morgan fingerprint density at radius 1 is 1.07 bits per heavy atom. The number of aryl methyl sites for hydroxylation is 2. The SMILES string of the molecule is COCC1(c2nc3c(c(-c4ccnn4C)c2C2=NN=NC2)CCCCC3)CCCC1. The number of hydrogen-bond acceptors (Lipinski definition) is 6. The van der Waals surface area contributed by atoms with Gasteiger partial charge in [-0.25, -0.2) is 0 Å². The summed E-state index contributed by atoms with van der Waals surface area (Å²) in [6, 6.07) is 2.12. The van der Waals surface area contributed by atoms with Crippen molar-refractivity contribution in [2.24, 2.45) is 22.5 Å². The molecule has 0 unspecified atom stereocenters. The monoisotopic (exact) mass is 406 g/mol. The number of hydrogen-bond donors (Lipinski definition) is 0. The van der Waals surface area contributed by atoms with E-state index < -0.39 is 0 Å². The van der Waals surface area contributed by atoms with Gasteiger partial charge in [0, 0.05) is 42.6 Å². The van der Waals surface area contributed by atoms with Gasteiger partial charge in [0.05, 0.1) is 23.7 Å². The number of fused-ring (bicyclic) bond motifs is 1. The van der Waals surface area contributed by atoms with Gasteiger partial charge in [0.2, 0.25) is 0 Å². The first kappa shape index (κ1) is 19.5. The summed E-state index contributed by atoms with van der Waals surface area (Å²) < 4.78 is 7.76. The molecule has 2 aliphatic carbocycles. The van der Waals surface area contributed by atoms with Gasteiger partial charge < -0.3 is 4.74 Å². The Morgan fingerprint density at radius 3 is 2.60 bits per heavy atom. The Bertz CT molecular complexity index is 999. The van der Waals surface area contributed by atoms with Crippen LogP contribution in [0.15, 0.2) is 27.7 Å². The average Bonchev–Trinajstić information content (AvgIpc) is 3.48. The van der Waals surface area contributed by atoms with Crippen molar-refractivity contribution in [3.63, 3.8) is 0 Å². The van der Waals surface area contributed by atoms with Crippen molar-refractivity contribution >= 4 is 5.71 Å². The van der Waals surface area contributed by atoms with E-state index >= 15 is 0 Å². The summed E-state index contributed by atoms with van der Waals surface area (Å²) in [4.78, 5) is 5.42. The van der Waals surface area contributed by atoms with E-state index in [2.05, 4.69) is 26.6 Å². The van der Waals surface area contributed by atoms with E-state index in [1.54, 1.807) is 0 Å². The van der Waals surface area contributed by atoms with Crippen LogP contribution in [0.25, 0.3) is 11.3 Å². The van der Waals surface area contributed by atoms with E-state index in [9.17, 15) is 0 Å². The first-order valence-electron chi connectivity index (χ1n) is 11.2. The first-order valence-corrected chi connectivity index (χ1v) is 11.2. The van der Waals surface area contributed by atoms with E-state index in [0.29, 0.717) is 13.2 Å². The van der Waals surface area contributed by atoms with Crippen molar-refractivity contribution in [1.29, 1.82) is 0 Å². The smallest absolute Gasteiger partial charge is 0.107 e. The predicted octanol–water partition coefficient (Wildman–Crippen LogP) is 4.38. The number of pyridine rings is 1. The predicted molar refractivity (Wildman–Crippen MR) is 116 cm³/mol. The van der Waals surface area contributed by atoms with Gasteiger partial charge in [0.1, 0.15) is 6.54 Å². The Balaban J connectivity index is 1.84. The molecule has 0 amide bonds. The summed E-state index contributed by atoms with van der Waals surface area (Å²) >= 11 is 0. The third-order valence-corrected chi connectivity index (χ3v) is 7.02. The van der Waals surface area contributed by atoms with Crippen LogP contribution >= 0.6 is 0 Å². The number of aromatic nitrogens is 3. The summed E-state index contributed by atoms with van der Waals surface area (Å²) in [7, 11) is 3.83. The standard InChI is InChI=1S/C23H30N6O/c1-29-19(10-13-25-29)20-16-8-4-3-5-9-17(16)26-22(21(20)18-14-24-28-27-18)23(15-30-2)11-6-7-12-23/h10,13H,3-9,11-12,14-15H2,1-2H3. The minimum atomic E-state index is -0.0656. The van der Waals surface area contributed by atoms with Gasteiger partial charge in [-0.1, -0.05) is 19.3 Å². The van der Waals surface area contributed by atoms with E-state index in [1.165, 1.54) is 48.9 Å². The van der Waals surface area contributed by atoms with Crippen molar-refractivity contribution < 1.29 is 4.74 Å². The van der Waals surface area contributed by atoms with Crippen LogP contribution in [0.4, 0.5) is 0 Å². The van der Waals surface area contributed by atoms with Crippen LogP contribution in [0.1, 0.15) is 67.5 Å². The molecule has 5 rings (SSSR count). The minimum absolute atomic E-state index is 0.0656. The van der Waals surface area contributed by atoms with Crippen molar-refractivity contribution in [2.75, 3.05) is 20.3 Å². The van der Waals surface area contributed by atoms with Gasteiger partial charge in [-0.3, -0.25) is 9.67 Å². The van der Waals surface area contributed by atoms with Crippen molar-refractivity contribution in [1.82, 2.24) is 14.8 Å². The third kappa shape index (κ3) is 3.20. The molecule has 7 heteroatoms. The highest BCUT2D eigenvalue weighted by Gasteiger charge is 2.42. The molecule has 30 heavy (non-hydrogen) atoms. The normalized spacial score (nSPS) is 20.3. The summed E-state index contributed by atoms with van der Waals surface area (Å²) in [5.74, 6) is 0. The van der Waals surface area contributed by atoms with Crippen molar-refractivity contribution in [2.45, 2.75) is 63.2 Å². The summed E-state index contributed by atoms with van der Waals surface area (Å²) in [6.07, 6.45) is 12.3. The molecule has 0 bridgehead atoms. The molecule has 1 aliphatic heterocycles. The minimum Gasteiger partial charge on any atom is -0.384 e. The average molecular weight is 407 g/mol. The molecule has 0 aromatic carbocycles. The lowest BCUT2D eigenvalue weighted by Gasteiger charge is -2.32. The number of rotatable bonds is 5. The van der Waals surface area contributed by atoms with Crippen LogP contribution in [0, 0.1) is 0 Å². The fourth-order valence-corrected chi connectivity index (χ4v) is 5.61. The van der Waals surface area contributed by atoms with Crippen LogP contribution in [0.2, 0.25) is 0 Å². The fourth-order valence-electron chi connectivity index (χ4n) is 5.61. The second-order valence-corrected chi connectivity index (χ2v) is 8.89. The number of nitrogens with zero attached hydrogens (tertiary/aromatic N) is 6. The molecule has 2 aromatic rings. The molecule has 158 valence electrons. The highest BCUT2D eigenvalue weighted by molar-refractivity contribution is 6.09. The molecule has 0 spiro atoms. The lowest BCUT2D eigenvalue weighted by atomic mass is 9.77. The van der Waals surface area contributed by atoms with E-state index in [1.807, 2.05) is 25.0 Å². The Morgan fingerprint density at radius 2 is 1.90 bits per heavy atom. The quantitative estimate of drug-likeness (QED) is 0.692. The number of ether oxygens (including phenoxy) is 1. The molecule has 3 heterocycles. The van der Waals surface area contributed by atoms with Crippen LogP contribution in [0.5, 0.6) is 0 Å². The summed E-state index contributed by atoms with van der Waals surface area (Å²) in [5, 5.41) is 17.1. The molecule has 0 atom stereocenters. The molecular formula is C23H30N6O. The Hall–Kier alpha value is -2.41. The largest absolute Gasteiger partial charge is 0.384 e. The van der Waals surface area contributed by atoms with Gasteiger partial charge in [0.15, 0.2) is 0 Å². The highest BCUT2D eigenvalue weighted by Crippen LogP contribution is 2.46. The van der Waals surface area contributed by atoms with Crippen molar-refractivity contribution in [3.05, 3.63) is 34.8 Å². The van der Waals surface area contributed by atoms with Crippen molar-refractivity contribution in [3.8, 4) is 11.3 Å². The zero-order valence-electron chi connectivity index (χ0n) is 18.0. The maximum atomic E-state index is 5.78. The van der Waals surface area contributed by atoms with Crippen LogP contribution in [0.3, 0.4) is 0 Å². The lowest BCUT2D eigenvalue weighted by molar-refractivity contribution is 0.129. The van der Waals surface area contributed by atoms with Crippen LogP contribution in [-0.4, -0.2) is 40.7 Å². The molecular weight excluding hydrogens is 376 g/mol. The van der Waals surface area contributed by atoms with Gasteiger partial charge in [-0.05, 0) is 55.4 Å². The van der Waals surface area contributed by atoms with E-state index in [4.69, 9.17) is 9.72 Å². The van der Waals surface area contributed by atoms with Gasteiger partial charge in [-0.2, -0.15) is 10.2 Å². The molecule has 2 aromatic heterocycles. The van der Waals surface area contributed by atoms with E-state index in [-0.39, 0.29) is 5.41 Å². The molecule has 0 saturated heterocycles. The van der Waals surface area contributed by atoms with Crippen LogP contribution < -0.4 is 0 Å². The van der Waals surface area contributed by atoms with Gasteiger partial charge in [0.25, 0.3) is 0 Å². The molecule has 1 fully saturated rings. The van der Waals surface area contributed by atoms with Crippen LogP contribution in [-0.2, 0) is 30.0 Å². The number of methoxy groups -OCH3 is 1. The molecule has 0 radical (unpaired) electrons. The second-order valence-electron chi connectivity index (χ2n) is 8.89. The summed E-state index contributed by atoms with van der Waals surface area (Å²) in [6.45, 7) is 1.21. The summed E-state index contributed by atoms with van der Waals surface area (Å²) in [5.41, 5.74) is 8.19. The Kier molecular flexibility index (Phi) is 5.23.